The highest BCUT2D eigenvalue weighted by Gasteiger charge is 2.06. The van der Waals surface area contributed by atoms with Gasteiger partial charge < -0.3 is 14.7 Å². The molecule has 0 spiro atoms. The van der Waals surface area contributed by atoms with E-state index >= 15 is 0 Å². The molecule has 0 bridgehead atoms. The summed E-state index contributed by atoms with van der Waals surface area (Å²) in [5.74, 6) is 1.73. The van der Waals surface area contributed by atoms with Crippen molar-refractivity contribution in [2.75, 3.05) is 19.1 Å². The Hall–Kier alpha value is -2.07. The fourth-order valence-corrected chi connectivity index (χ4v) is 2.00. The summed E-state index contributed by atoms with van der Waals surface area (Å²) in [5, 5.41) is 9.48. The third kappa shape index (κ3) is 3.48. The molecule has 1 aromatic carbocycles. The van der Waals surface area contributed by atoms with E-state index in [9.17, 15) is 5.11 Å². The number of hydrogen-bond donors (Lipinski definition) is 1. The van der Waals surface area contributed by atoms with Crippen LogP contribution in [0.5, 0.6) is 5.75 Å². The summed E-state index contributed by atoms with van der Waals surface area (Å²) in [6.07, 6.45) is 1.22. The van der Waals surface area contributed by atoms with E-state index < -0.39 is 6.10 Å². The number of benzene rings is 1. The lowest BCUT2D eigenvalue weighted by Gasteiger charge is -2.19. The number of hydrogen-bond acceptors (Lipinski definition) is 4. The van der Waals surface area contributed by atoms with Crippen LogP contribution in [0.3, 0.4) is 0 Å². The van der Waals surface area contributed by atoms with Crippen LogP contribution < -0.4 is 9.64 Å². The SMILES string of the molecule is COc1cccc(CN(C)c2ccc([C@H](C)O)cn2)c1. The second kappa shape index (κ2) is 6.39. The molecule has 20 heavy (non-hydrogen) atoms. The molecule has 106 valence electrons. The lowest BCUT2D eigenvalue weighted by molar-refractivity contribution is 0.199. The van der Waals surface area contributed by atoms with Crippen molar-refractivity contribution in [3.05, 3.63) is 53.7 Å². The van der Waals surface area contributed by atoms with Crippen LogP contribution in [-0.2, 0) is 6.54 Å². The number of pyridine rings is 1. The highest BCUT2D eigenvalue weighted by Crippen LogP contribution is 2.18. The Bertz CT molecular complexity index is 553. The van der Waals surface area contributed by atoms with Crippen molar-refractivity contribution >= 4 is 5.82 Å². The average molecular weight is 272 g/mol. The highest BCUT2D eigenvalue weighted by atomic mass is 16.5. The van der Waals surface area contributed by atoms with Gasteiger partial charge in [0, 0.05) is 19.8 Å². The predicted octanol–water partition coefficient (Wildman–Crippen LogP) is 2.78. The monoisotopic (exact) mass is 272 g/mol. The van der Waals surface area contributed by atoms with Crippen LogP contribution in [0.15, 0.2) is 42.6 Å². The van der Waals surface area contributed by atoms with Gasteiger partial charge in [0.15, 0.2) is 0 Å². The first-order valence-corrected chi connectivity index (χ1v) is 6.58. The molecular formula is C16H20N2O2. The number of rotatable bonds is 5. The molecule has 0 saturated heterocycles. The minimum absolute atomic E-state index is 0.486. The van der Waals surface area contributed by atoms with E-state index in [1.165, 1.54) is 0 Å². The van der Waals surface area contributed by atoms with Crippen LogP contribution >= 0.6 is 0 Å². The van der Waals surface area contributed by atoms with Crippen molar-refractivity contribution in [2.24, 2.45) is 0 Å². The molecule has 1 aromatic heterocycles. The van der Waals surface area contributed by atoms with E-state index in [1.54, 1.807) is 20.2 Å². The van der Waals surface area contributed by atoms with Gasteiger partial charge in [-0.25, -0.2) is 4.98 Å². The normalized spacial score (nSPS) is 12.0. The van der Waals surface area contributed by atoms with Crippen LogP contribution in [0.2, 0.25) is 0 Å². The number of methoxy groups -OCH3 is 1. The van der Waals surface area contributed by atoms with Gasteiger partial charge in [0.1, 0.15) is 11.6 Å². The zero-order valence-electron chi connectivity index (χ0n) is 12.1. The molecule has 0 aliphatic rings. The van der Waals surface area contributed by atoms with Crippen LogP contribution in [-0.4, -0.2) is 24.2 Å². The van der Waals surface area contributed by atoms with Crippen molar-refractivity contribution in [1.29, 1.82) is 0 Å². The average Bonchev–Trinajstić information content (AvgIpc) is 2.47. The second-order valence-electron chi connectivity index (χ2n) is 4.83. The first kappa shape index (κ1) is 14.3. The quantitative estimate of drug-likeness (QED) is 0.909. The van der Waals surface area contributed by atoms with Gasteiger partial charge in [-0.2, -0.15) is 0 Å². The van der Waals surface area contributed by atoms with Gasteiger partial charge in [-0.1, -0.05) is 18.2 Å². The molecule has 0 radical (unpaired) electrons. The molecule has 4 heteroatoms. The van der Waals surface area contributed by atoms with E-state index in [0.717, 1.165) is 29.2 Å². The zero-order valence-corrected chi connectivity index (χ0v) is 12.1. The third-order valence-electron chi connectivity index (χ3n) is 3.20. The molecule has 1 atom stereocenters. The first-order valence-electron chi connectivity index (χ1n) is 6.58. The van der Waals surface area contributed by atoms with Gasteiger partial charge in [-0.3, -0.25) is 0 Å². The number of aliphatic hydroxyl groups excluding tert-OH is 1. The molecule has 0 unspecified atom stereocenters. The van der Waals surface area contributed by atoms with E-state index in [4.69, 9.17) is 4.74 Å². The second-order valence-corrected chi connectivity index (χ2v) is 4.83. The van der Waals surface area contributed by atoms with Gasteiger partial charge in [0.25, 0.3) is 0 Å². The predicted molar refractivity (Wildman–Crippen MR) is 80.0 cm³/mol. The summed E-state index contributed by atoms with van der Waals surface area (Å²) < 4.78 is 5.22. The van der Waals surface area contributed by atoms with Gasteiger partial charge in [0.2, 0.25) is 0 Å². The smallest absolute Gasteiger partial charge is 0.128 e. The molecule has 0 aliphatic heterocycles. The van der Waals surface area contributed by atoms with E-state index in [0.29, 0.717) is 0 Å². The molecule has 0 aliphatic carbocycles. The summed E-state index contributed by atoms with van der Waals surface area (Å²) in [5.41, 5.74) is 1.98. The summed E-state index contributed by atoms with van der Waals surface area (Å²) in [6.45, 7) is 2.48. The van der Waals surface area contributed by atoms with E-state index in [2.05, 4.69) is 16.0 Å². The van der Waals surface area contributed by atoms with Crippen LogP contribution in [0.4, 0.5) is 5.82 Å². The van der Waals surface area contributed by atoms with Crippen LogP contribution in [0, 0.1) is 0 Å². The van der Waals surface area contributed by atoms with Crippen molar-refractivity contribution < 1.29 is 9.84 Å². The lowest BCUT2D eigenvalue weighted by Crippen LogP contribution is -2.17. The summed E-state index contributed by atoms with van der Waals surface area (Å²) in [7, 11) is 3.66. The van der Waals surface area contributed by atoms with Gasteiger partial charge >= 0.3 is 0 Å². The fraction of sp³-hybridized carbons (Fsp3) is 0.312. The summed E-state index contributed by atoms with van der Waals surface area (Å²) in [6, 6.07) is 11.8. The third-order valence-corrected chi connectivity index (χ3v) is 3.20. The first-order chi connectivity index (χ1) is 9.60. The zero-order chi connectivity index (χ0) is 14.5. The van der Waals surface area contributed by atoms with Crippen molar-refractivity contribution in [2.45, 2.75) is 19.6 Å². The summed E-state index contributed by atoms with van der Waals surface area (Å²) >= 11 is 0. The van der Waals surface area contributed by atoms with Crippen molar-refractivity contribution in [3.8, 4) is 5.75 Å². The maximum atomic E-state index is 9.48. The minimum Gasteiger partial charge on any atom is -0.497 e. The Morgan fingerprint density at radius 1 is 1.30 bits per heavy atom. The number of nitrogens with zero attached hydrogens (tertiary/aromatic N) is 2. The fourth-order valence-electron chi connectivity index (χ4n) is 2.00. The van der Waals surface area contributed by atoms with Crippen LogP contribution in [0.1, 0.15) is 24.2 Å². The number of anilines is 1. The Labute approximate surface area is 119 Å². The van der Waals surface area contributed by atoms with Gasteiger partial charge in [-0.15, -0.1) is 0 Å². The summed E-state index contributed by atoms with van der Waals surface area (Å²) in [4.78, 5) is 6.43. The maximum absolute atomic E-state index is 9.48. The number of ether oxygens (including phenoxy) is 1. The number of aromatic nitrogens is 1. The molecule has 1 heterocycles. The molecule has 2 aromatic rings. The molecule has 2 rings (SSSR count). The molecular weight excluding hydrogens is 252 g/mol. The molecule has 0 amide bonds. The van der Waals surface area contributed by atoms with Gasteiger partial charge in [-0.05, 0) is 36.2 Å². The molecule has 0 fully saturated rings. The highest BCUT2D eigenvalue weighted by molar-refractivity contribution is 5.40. The van der Waals surface area contributed by atoms with Crippen LogP contribution in [0.25, 0.3) is 0 Å². The molecule has 4 nitrogen and oxygen atoms in total. The standard InChI is InChI=1S/C16H20N2O2/c1-12(19)14-7-8-16(17-10-14)18(2)11-13-5-4-6-15(9-13)20-3/h4-10,12,19H,11H2,1-3H3/t12-/m0/s1. The Morgan fingerprint density at radius 3 is 2.70 bits per heavy atom. The van der Waals surface area contributed by atoms with E-state index in [-0.39, 0.29) is 0 Å². The maximum Gasteiger partial charge on any atom is 0.128 e. The number of aliphatic hydroxyl groups is 1. The Kier molecular flexibility index (Phi) is 4.58. The van der Waals surface area contributed by atoms with Gasteiger partial charge in [0.05, 0.1) is 13.2 Å². The van der Waals surface area contributed by atoms with Crippen molar-refractivity contribution in [3.63, 3.8) is 0 Å². The largest absolute Gasteiger partial charge is 0.497 e. The Balaban J connectivity index is 2.08. The van der Waals surface area contributed by atoms with E-state index in [1.807, 2.05) is 37.4 Å². The lowest BCUT2D eigenvalue weighted by atomic mass is 10.2. The Morgan fingerprint density at radius 2 is 2.10 bits per heavy atom. The molecule has 1 N–H and O–H groups in total. The molecule has 0 saturated carbocycles. The minimum atomic E-state index is -0.486. The topological polar surface area (TPSA) is 45.6 Å². The van der Waals surface area contributed by atoms with Crippen molar-refractivity contribution in [1.82, 2.24) is 4.98 Å².